The van der Waals surface area contributed by atoms with Crippen LogP contribution in [-0.2, 0) is 4.74 Å². The molecule has 1 heterocycles. The van der Waals surface area contributed by atoms with Crippen LogP contribution < -0.4 is 5.32 Å². The van der Waals surface area contributed by atoms with Crippen molar-refractivity contribution >= 4 is 0 Å². The number of nitrogens with one attached hydrogen (secondary N) is 1. The highest BCUT2D eigenvalue weighted by Gasteiger charge is 2.15. The van der Waals surface area contributed by atoms with Crippen molar-refractivity contribution in [1.29, 1.82) is 0 Å². The van der Waals surface area contributed by atoms with Crippen molar-refractivity contribution in [3.63, 3.8) is 0 Å². The minimum Gasteiger partial charge on any atom is -0.376 e. The van der Waals surface area contributed by atoms with Crippen LogP contribution in [0.4, 0.5) is 0 Å². The Morgan fingerprint density at radius 1 is 0.933 bits per heavy atom. The highest BCUT2D eigenvalue weighted by molar-refractivity contribution is 4.74. The predicted molar refractivity (Wildman–Crippen MR) is 65.2 cm³/mol. The average Bonchev–Trinajstić information content (AvgIpc) is 2.18. The Hall–Kier alpha value is -0.0800. The molecule has 1 aliphatic rings. The first-order chi connectivity index (χ1) is 7.43. The fraction of sp³-hybridized carbons (Fsp3) is 1.00. The third kappa shape index (κ3) is 6.91. The first-order valence-electron chi connectivity index (χ1n) is 6.76. The zero-order valence-electron chi connectivity index (χ0n) is 10.3. The van der Waals surface area contributed by atoms with Crippen molar-refractivity contribution in [2.24, 2.45) is 0 Å². The third-order valence-electron chi connectivity index (χ3n) is 3.10. The average molecular weight is 213 g/mol. The molecule has 0 bridgehead atoms. The minimum absolute atomic E-state index is 0.523. The summed E-state index contributed by atoms with van der Waals surface area (Å²) in [5, 5.41) is 3.22. The molecule has 0 aromatic carbocycles. The van der Waals surface area contributed by atoms with Gasteiger partial charge in [0.1, 0.15) is 0 Å². The van der Waals surface area contributed by atoms with Crippen molar-refractivity contribution in [1.82, 2.24) is 5.32 Å². The second-order valence-electron chi connectivity index (χ2n) is 4.63. The second-order valence-corrected chi connectivity index (χ2v) is 4.63. The number of ether oxygens (including phenoxy) is 1. The normalized spacial score (nSPS) is 16.6. The van der Waals surface area contributed by atoms with Crippen LogP contribution in [0, 0.1) is 0 Å². The third-order valence-corrected chi connectivity index (χ3v) is 3.10. The molecule has 0 aromatic rings. The van der Waals surface area contributed by atoms with Gasteiger partial charge in [0.05, 0.1) is 6.10 Å². The number of hydrogen-bond acceptors (Lipinski definition) is 2. The molecule has 0 amide bonds. The van der Waals surface area contributed by atoms with Gasteiger partial charge in [0, 0.05) is 19.7 Å². The number of hydrogen-bond donors (Lipinski definition) is 1. The van der Waals surface area contributed by atoms with Crippen molar-refractivity contribution in [3.05, 3.63) is 0 Å². The van der Waals surface area contributed by atoms with E-state index in [1.165, 1.54) is 51.4 Å². The molecule has 0 saturated carbocycles. The van der Waals surface area contributed by atoms with Crippen molar-refractivity contribution in [2.45, 2.75) is 64.4 Å². The molecule has 15 heavy (non-hydrogen) atoms. The molecular formula is C13H27NO. The maximum absolute atomic E-state index is 5.66. The summed E-state index contributed by atoms with van der Waals surface area (Å²) in [4.78, 5) is 0. The molecule has 1 saturated heterocycles. The zero-order valence-corrected chi connectivity index (χ0v) is 10.3. The van der Waals surface area contributed by atoms with E-state index in [0.717, 1.165) is 19.7 Å². The summed E-state index contributed by atoms with van der Waals surface area (Å²) in [7, 11) is 0. The van der Waals surface area contributed by atoms with Crippen LogP contribution in [0.3, 0.4) is 0 Å². The van der Waals surface area contributed by atoms with Gasteiger partial charge < -0.3 is 10.1 Å². The van der Waals surface area contributed by atoms with E-state index in [-0.39, 0.29) is 0 Å². The molecule has 1 fully saturated rings. The summed E-state index contributed by atoms with van der Waals surface area (Å²) in [6.45, 7) is 5.38. The maximum Gasteiger partial charge on any atom is 0.0823 e. The van der Waals surface area contributed by atoms with Crippen LogP contribution >= 0.6 is 0 Å². The highest BCUT2D eigenvalue weighted by atomic mass is 16.5. The van der Waals surface area contributed by atoms with Gasteiger partial charge in [-0.2, -0.15) is 0 Å². The standard InChI is InChI=1S/C13H27NO/c1-2-3-4-5-6-7-8-9-10-15-13-11-14-12-13/h13-14H,2-12H2,1H3. The minimum atomic E-state index is 0.523. The lowest BCUT2D eigenvalue weighted by Crippen LogP contribution is -2.48. The molecule has 0 unspecified atom stereocenters. The van der Waals surface area contributed by atoms with E-state index in [1.54, 1.807) is 0 Å². The second kappa shape index (κ2) is 9.17. The first-order valence-corrected chi connectivity index (χ1v) is 6.76. The highest BCUT2D eigenvalue weighted by Crippen LogP contribution is 2.09. The van der Waals surface area contributed by atoms with Crippen LogP contribution in [0.2, 0.25) is 0 Å². The summed E-state index contributed by atoms with van der Waals surface area (Å²) < 4.78 is 5.66. The van der Waals surface area contributed by atoms with Crippen LogP contribution in [-0.4, -0.2) is 25.8 Å². The fourth-order valence-electron chi connectivity index (χ4n) is 1.87. The lowest BCUT2D eigenvalue weighted by Gasteiger charge is -2.27. The monoisotopic (exact) mass is 213 g/mol. The van der Waals surface area contributed by atoms with Crippen LogP contribution in [0.15, 0.2) is 0 Å². The summed E-state index contributed by atoms with van der Waals surface area (Å²) in [5.74, 6) is 0. The van der Waals surface area contributed by atoms with E-state index in [0.29, 0.717) is 6.10 Å². The summed E-state index contributed by atoms with van der Waals surface area (Å²) in [5.41, 5.74) is 0. The molecule has 2 heteroatoms. The summed E-state index contributed by atoms with van der Waals surface area (Å²) in [6.07, 6.45) is 11.6. The lowest BCUT2D eigenvalue weighted by molar-refractivity contribution is 0.0169. The predicted octanol–water partition coefficient (Wildman–Crippen LogP) is 3.12. The van der Waals surface area contributed by atoms with Crippen LogP contribution in [0.1, 0.15) is 58.3 Å². The van der Waals surface area contributed by atoms with E-state index in [1.807, 2.05) is 0 Å². The molecular weight excluding hydrogens is 186 g/mol. The Morgan fingerprint density at radius 2 is 1.53 bits per heavy atom. The molecule has 0 aromatic heterocycles. The van der Waals surface area contributed by atoms with Crippen LogP contribution in [0.25, 0.3) is 0 Å². The van der Waals surface area contributed by atoms with E-state index < -0.39 is 0 Å². The Balaban J connectivity index is 1.66. The van der Waals surface area contributed by atoms with E-state index in [4.69, 9.17) is 4.74 Å². The van der Waals surface area contributed by atoms with E-state index >= 15 is 0 Å². The van der Waals surface area contributed by atoms with Gasteiger partial charge in [-0.25, -0.2) is 0 Å². The van der Waals surface area contributed by atoms with Gasteiger partial charge in [0.2, 0.25) is 0 Å². The number of unbranched alkanes of at least 4 members (excludes halogenated alkanes) is 7. The quantitative estimate of drug-likeness (QED) is 0.563. The van der Waals surface area contributed by atoms with Gasteiger partial charge >= 0.3 is 0 Å². The first kappa shape index (κ1) is 13.0. The molecule has 1 N–H and O–H groups in total. The molecule has 90 valence electrons. The Labute approximate surface area is 94.8 Å². The van der Waals surface area contributed by atoms with Gasteiger partial charge in [-0.3, -0.25) is 0 Å². The summed E-state index contributed by atoms with van der Waals surface area (Å²) >= 11 is 0. The molecule has 0 radical (unpaired) electrons. The molecule has 0 aliphatic carbocycles. The van der Waals surface area contributed by atoms with Gasteiger partial charge in [-0.1, -0.05) is 51.9 Å². The van der Waals surface area contributed by atoms with Gasteiger partial charge in [0.25, 0.3) is 0 Å². The maximum atomic E-state index is 5.66. The number of rotatable bonds is 10. The van der Waals surface area contributed by atoms with Gasteiger partial charge in [-0.05, 0) is 6.42 Å². The Bertz CT molecular complexity index is 134. The Morgan fingerprint density at radius 3 is 2.07 bits per heavy atom. The van der Waals surface area contributed by atoms with E-state index in [9.17, 15) is 0 Å². The smallest absolute Gasteiger partial charge is 0.0823 e. The molecule has 2 nitrogen and oxygen atoms in total. The Kier molecular flexibility index (Phi) is 7.94. The van der Waals surface area contributed by atoms with Gasteiger partial charge in [-0.15, -0.1) is 0 Å². The SMILES string of the molecule is CCCCCCCCCCOC1CNC1. The van der Waals surface area contributed by atoms with Crippen LogP contribution in [0.5, 0.6) is 0 Å². The molecule has 0 atom stereocenters. The topological polar surface area (TPSA) is 21.3 Å². The van der Waals surface area contributed by atoms with Crippen molar-refractivity contribution in [2.75, 3.05) is 19.7 Å². The largest absolute Gasteiger partial charge is 0.376 e. The molecule has 0 spiro atoms. The van der Waals surface area contributed by atoms with Crippen molar-refractivity contribution in [3.8, 4) is 0 Å². The summed E-state index contributed by atoms with van der Waals surface area (Å²) in [6, 6.07) is 0. The lowest BCUT2D eigenvalue weighted by atomic mass is 10.1. The van der Waals surface area contributed by atoms with E-state index in [2.05, 4.69) is 12.2 Å². The van der Waals surface area contributed by atoms with Gasteiger partial charge in [0.15, 0.2) is 0 Å². The van der Waals surface area contributed by atoms with Crippen molar-refractivity contribution < 1.29 is 4.74 Å². The molecule has 1 rings (SSSR count). The molecule has 1 aliphatic heterocycles. The fourth-order valence-corrected chi connectivity index (χ4v) is 1.87. The zero-order chi connectivity index (χ0) is 10.8.